The van der Waals surface area contributed by atoms with Crippen molar-refractivity contribution in [2.45, 2.75) is 56.2 Å². The summed E-state index contributed by atoms with van der Waals surface area (Å²) in [4.78, 5) is 26.9. The average Bonchev–Trinajstić information content (AvgIpc) is 3.22. The molecule has 0 bridgehead atoms. The zero-order chi connectivity index (χ0) is 27.4. The fourth-order valence-electron chi connectivity index (χ4n) is 4.56. The van der Waals surface area contributed by atoms with Crippen molar-refractivity contribution in [2.24, 2.45) is 5.92 Å². The Morgan fingerprint density at radius 2 is 1.87 bits per heavy atom. The van der Waals surface area contributed by atoms with Crippen molar-refractivity contribution in [1.82, 2.24) is 14.9 Å². The van der Waals surface area contributed by atoms with Crippen LogP contribution >= 0.6 is 22.9 Å². The monoisotopic (exact) mass is 577 g/mol. The van der Waals surface area contributed by atoms with Gasteiger partial charge in [-0.3, -0.25) is 9.59 Å². The van der Waals surface area contributed by atoms with Crippen molar-refractivity contribution in [3.63, 3.8) is 0 Å². The number of rotatable bonds is 8. The number of nitrogens with one attached hydrogen (secondary N) is 2. The summed E-state index contributed by atoms with van der Waals surface area (Å²) in [5, 5.41) is 18.0. The zero-order valence-corrected chi connectivity index (χ0v) is 23.7. The first kappa shape index (κ1) is 28.5. The van der Waals surface area contributed by atoms with Gasteiger partial charge in [-0.15, -0.1) is 11.3 Å². The topological polar surface area (TPSA) is 116 Å². The Kier molecular flexibility index (Phi) is 9.10. The average molecular weight is 578 g/mol. The predicted octanol–water partition coefficient (Wildman–Crippen LogP) is 4.03. The minimum Gasteiger partial charge on any atom is -0.390 e. The van der Waals surface area contributed by atoms with Crippen molar-refractivity contribution in [1.29, 1.82) is 0 Å². The zero-order valence-electron chi connectivity index (χ0n) is 21.3. The number of benzene rings is 2. The Morgan fingerprint density at radius 3 is 2.55 bits per heavy atom. The number of hydrogen-bond acceptors (Lipinski definition) is 6. The maximum absolute atomic E-state index is 13.3. The molecule has 3 aromatic rings. The lowest BCUT2D eigenvalue weighted by Crippen LogP contribution is -2.53. The molecule has 0 spiro atoms. The largest absolute Gasteiger partial charge is 0.390 e. The maximum atomic E-state index is 13.3. The molecule has 1 aliphatic heterocycles. The van der Waals surface area contributed by atoms with Crippen LogP contribution < -0.4 is 10.6 Å². The lowest BCUT2D eigenvalue weighted by Gasteiger charge is -2.27. The number of aliphatic hydroxyl groups is 1. The Labute approximate surface area is 232 Å². The number of fused-ring (bicyclic) bond motifs is 1. The minimum absolute atomic E-state index is 0.0949. The van der Waals surface area contributed by atoms with Crippen LogP contribution in [-0.4, -0.2) is 60.9 Å². The summed E-state index contributed by atoms with van der Waals surface area (Å²) in [6, 6.07) is 13.9. The fraction of sp³-hybridized carbons (Fsp3) is 0.407. The summed E-state index contributed by atoms with van der Waals surface area (Å²) in [5.74, 6) is -0.590. The van der Waals surface area contributed by atoms with Crippen molar-refractivity contribution in [2.75, 3.05) is 13.1 Å². The molecule has 1 fully saturated rings. The van der Waals surface area contributed by atoms with Gasteiger partial charge in [-0.1, -0.05) is 43.6 Å². The van der Waals surface area contributed by atoms with Crippen LogP contribution in [0.4, 0.5) is 0 Å². The second kappa shape index (κ2) is 12.1. The Hall–Kier alpha value is -2.50. The lowest BCUT2D eigenvalue weighted by molar-refractivity contribution is -0.125. The summed E-state index contributed by atoms with van der Waals surface area (Å²) in [6.45, 7) is 3.99. The minimum atomic E-state index is -3.83. The highest BCUT2D eigenvalue weighted by Gasteiger charge is 2.34. The predicted molar refractivity (Wildman–Crippen MR) is 150 cm³/mol. The third-order valence-corrected chi connectivity index (χ3v) is 9.78. The summed E-state index contributed by atoms with van der Waals surface area (Å²) in [5.41, 5.74) is 0. The summed E-state index contributed by atoms with van der Waals surface area (Å²) >= 11 is 7.26. The van der Waals surface area contributed by atoms with E-state index in [-0.39, 0.29) is 29.8 Å². The number of amides is 2. The first-order chi connectivity index (χ1) is 18.0. The lowest BCUT2D eigenvalue weighted by atomic mass is 10.0. The van der Waals surface area contributed by atoms with Gasteiger partial charge in [0.25, 0.3) is 5.91 Å². The summed E-state index contributed by atoms with van der Waals surface area (Å²) in [7, 11) is -3.83. The van der Waals surface area contributed by atoms with Crippen LogP contribution in [0.1, 0.15) is 42.8 Å². The molecule has 2 aromatic carbocycles. The molecule has 3 N–H and O–H groups in total. The summed E-state index contributed by atoms with van der Waals surface area (Å²) in [6.07, 6.45) is 0.166. The highest BCUT2D eigenvalue weighted by Crippen LogP contribution is 2.26. The molecule has 0 saturated carbocycles. The molecule has 0 aliphatic carbocycles. The van der Waals surface area contributed by atoms with E-state index in [1.165, 1.54) is 39.9 Å². The number of hydrogen-bond donors (Lipinski definition) is 3. The van der Waals surface area contributed by atoms with E-state index < -0.39 is 34.1 Å². The van der Waals surface area contributed by atoms with E-state index in [9.17, 15) is 23.1 Å². The smallest absolute Gasteiger partial charge is 0.262 e. The third kappa shape index (κ3) is 6.73. The fourth-order valence-corrected chi connectivity index (χ4v) is 7.15. The second-order valence-corrected chi connectivity index (χ2v) is 13.4. The molecule has 11 heteroatoms. The number of sulfonamides is 1. The highest BCUT2D eigenvalue weighted by atomic mass is 35.5. The molecular weight excluding hydrogens is 546 g/mol. The van der Waals surface area contributed by atoms with Crippen LogP contribution in [-0.2, 0) is 14.8 Å². The van der Waals surface area contributed by atoms with Crippen molar-refractivity contribution >= 4 is 54.9 Å². The second-order valence-electron chi connectivity index (χ2n) is 9.95. The summed E-state index contributed by atoms with van der Waals surface area (Å²) < 4.78 is 28.5. The molecule has 38 heavy (non-hydrogen) atoms. The highest BCUT2D eigenvalue weighted by molar-refractivity contribution is 7.89. The number of thiophene rings is 1. The molecule has 8 nitrogen and oxygen atoms in total. The molecule has 3 atom stereocenters. The Morgan fingerprint density at radius 1 is 1.16 bits per heavy atom. The normalized spacial score (nSPS) is 19.7. The van der Waals surface area contributed by atoms with E-state index in [0.717, 1.165) is 10.1 Å². The molecule has 1 aromatic heterocycles. The van der Waals surface area contributed by atoms with Crippen LogP contribution in [0.3, 0.4) is 0 Å². The van der Waals surface area contributed by atoms with E-state index in [1.54, 1.807) is 0 Å². The molecule has 2 amide bonds. The third-order valence-electron chi connectivity index (χ3n) is 6.54. The first-order valence-corrected chi connectivity index (χ1v) is 15.2. The van der Waals surface area contributed by atoms with Crippen molar-refractivity contribution < 1.29 is 23.1 Å². The van der Waals surface area contributed by atoms with Crippen LogP contribution in [0, 0.1) is 5.92 Å². The van der Waals surface area contributed by atoms with Gasteiger partial charge >= 0.3 is 0 Å². The van der Waals surface area contributed by atoms with Gasteiger partial charge in [0, 0.05) is 22.8 Å². The Balaban J connectivity index is 1.43. The molecule has 2 heterocycles. The number of carbonyl (C=O) groups excluding carboxylic acids is 2. The van der Waals surface area contributed by atoms with Gasteiger partial charge in [0.1, 0.15) is 6.04 Å². The van der Waals surface area contributed by atoms with E-state index in [4.69, 9.17) is 11.6 Å². The SMILES string of the molecule is CC(C)CC(NC(=O)c1cc2ccccc2s1)C(=O)NC1CCCN(S(=O)(=O)c2ccc(Cl)cc2)C[C@@H]1O. The first-order valence-electron chi connectivity index (χ1n) is 12.6. The van der Waals surface area contributed by atoms with Crippen molar-refractivity contribution in [3.05, 3.63) is 64.5 Å². The van der Waals surface area contributed by atoms with E-state index in [0.29, 0.717) is 29.2 Å². The molecule has 2 unspecified atom stereocenters. The van der Waals surface area contributed by atoms with E-state index >= 15 is 0 Å². The molecule has 0 radical (unpaired) electrons. The molecule has 1 saturated heterocycles. The molecule has 204 valence electrons. The van der Waals surface area contributed by atoms with E-state index in [2.05, 4.69) is 10.6 Å². The number of aliphatic hydroxyl groups excluding tert-OH is 1. The van der Waals surface area contributed by atoms with Gasteiger partial charge in [0.2, 0.25) is 15.9 Å². The number of carbonyl (C=O) groups is 2. The van der Waals surface area contributed by atoms with Crippen LogP contribution in [0.15, 0.2) is 59.5 Å². The van der Waals surface area contributed by atoms with Gasteiger partial charge in [-0.2, -0.15) is 4.31 Å². The van der Waals surface area contributed by atoms with Crippen molar-refractivity contribution in [3.8, 4) is 0 Å². The van der Waals surface area contributed by atoms with Crippen LogP contribution in [0.5, 0.6) is 0 Å². The van der Waals surface area contributed by atoms with Gasteiger partial charge in [0.15, 0.2) is 0 Å². The van der Waals surface area contributed by atoms with Gasteiger partial charge in [-0.05, 0) is 67.0 Å². The molecular formula is C27H32ClN3O5S2. The molecule has 4 rings (SSSR count). The number of halogens is 1. The Bertz CT molecular complexity index is 1360. The van der Waals surface area contributed by atoms with Gasteiger partial charge < -0.3 is 15.7 Å². The number of nitrogens with zero attached hydrogens (tertiary/aromatic N) is 1. The van der Waals surface area contributed by atoms with Crippen LogP contribution in [0.2, 0.25) is 5.02 Å². The van der Waals surface area contributed by atoms with Gasteiger partial charge in [0.05, 0.1) is 21.9 Å². The quantitative estimate of drug-likeness (QED) is 0.374. The maximum Gasteiger partial charge on any atom is 0.262 e. The van der Waals surface area contributed by atoms with E-state index in [1.807, 2.05) is 44.2 Å². The molecule has 1 aliphatic rings. The number of β-amino-alcohol motifs (C(OH)–C–C–N with tert-alkyl or cyclic N) is 1. The van der Waals surface area contributed by atoms with Crippen LogP contribution in [0.25, 0.3) is 10.1 Å². The standard InChI is InChI=1S/C27H32ClN3O5S2/c1-17(2)14-22(30-27(34)25-15-18-6-3-4-8-24(18)37-25)26(33)29-21-7-5-13-31(16-23(21)32)38(35,36)20-11-9-19(28)10-12-20/h3-4,6,8-12,15,17,21-23,32H,5,7,13-14,16H2,1-2H3,(H,29,33)(H,30,34)/t21?,22?,23-/m0/s1. The van der Waals surface area contributed by atoms with Gasteiger partial charge in [-0.25, -0.2) is 8.42 Å².